The van der Waals surface area contributed by atoms with Crippen molar-refractivity contribution in [2.75, 3.05) is 20.3 Å². The third-order valence-corrected chi connectivity index (χ3v) is 4.11. The number of carboxylic acid groups (broad SMARTS) is 1. The average Bonchev–Trinajstić information content (AvgIpc) is 2.93. The van der Waals surface area contributed by atoms with Crippen LogP contribution in [0.2, 0.25) is 0 Å². The summed E-state index contributed by atoms with van der Waals surface area (Å²) in [4.78, 5) is 24.8. The molecule has 0 spiro atoms. The summed E-state index contributed by atoms with van der Waals surface area (Å²) in [6.45, 7) is 4.12. The maximum atomic E-state index is 13.8. The van der Waals surface area contributed by atoms with Gasteiger partial charge in [-0.15, -0.1) is 0 Å². The Kier molecular flexibility index (Phi) is 6.22. The van der Waals surface area contributed by atoms with Gasteiger partial charge in [0.15, 0.2) is 11.5 Å². The van der Waals surface area contributed by atoms with E-state index in [1.54, 1.807) is 4.90 Å². The molecule has 1 amide bonds. The standard InChI is InChI=1S/C18H24FNO5/c1-11(2)6-17(21)20-9-13(19)8-14(20)10-25-15-5-4-12(18(22)23)7-16(15)24-3/h4-5,7,11,13-14H,6,8-10H2,1-3H3,(H,22,23)/t13?,14-/m0/s1. The van der Waals surface area contributed by atoms with E-state index in [-0.39, 0.29) is 48.8 Å². The molecule has 1 saturated heterocycles. The Morgan fingerprint density at radius 1 is 1.36 bits per heavy atom. The number of rotatable bonds is 7. The number of likely N-dealkylation sites (tertiary alicyclic amines) is 1. The number of benzene rings is 1. The molecule has 1 aliphatic rings. The molecule has 1 aliphatic heterocycles. The van der Waals surface area contributed by atoms with Crippen molar-refractivity contribution in [3.63, 3.8) is 0 Å². The van der Waals surface area contributed by atoms with Crippen LogP contribution in [-0.4, -0.2) is 54.4 Å². The van der Waals surface area contributed by atoms with Gasteiger partial charge in [0.2, 0.25) is 5.91 Å². The van der Waals surface area contributed by atoms with Gasteiger partial charge in [0.05, 0.1) is 25.3 Å². The molecule has 0 aliphatic carbocycles. The van der Waals surface area contributed by atoms with Crippen molar-refractivity contribution in [2.45, 2.75) is 38.9 Å². The summed E-state index contributed by atoms with van der Waals surface area (Å²) in [5.41, 5.74) is 0.0858. The second kappa shape index (κ2) is 8.18. The number of ether oxygens (including phenoxy) is 2. The number of carboxylic acids is 1. The van der Waals surface area contributed by atoms with Gasteiger partial charge in [-0.3, -0.25) is 4.79 Å². The second-order valence-corrected chi connectivity index (χ2v) is 6.61. The first kappa shape index (κ1) is 19.0. The van der Waals surface area contributed by atoms with Crippen LogP contribution in [0.4, 0.5) is 4.39 Å². The lowest BCUT2D eigenvalue weighted by atomic mass is 10.1. The molecule has 1 unspecified atom stereocenters. The Labute approximate surface area is 146 Å². The fraction of sp³-hybridized carbons (Fsp3) is 0.556. The molecule has 0 aromatic heterocycles. The molecule has 1 aromatic rings. The molecule has 6 nitrogen and oxygen atoms in total. The maximum absolute atomic E-state index is 13.8. The van der Waals surface area contributed by atoms with Crippen LogP contribution < -0.4 is 9.47 Å². The van der Waals surface area contributed by atoms with Crippen LogP contribution >= 0.6 is 0 Å². The van der Waals surface area contributed by atoms with Gasteiger partial charge in [0, 0.05) is 12.8 Å². The van der Waals surface area contributed by atoms with Crippen LogP contribution in [0, 0.1) is 5.92 Å². The number of halogens is 1. The predicted octanol–water partition coefficient (Wildman–Crippen LogP) is 2.76. The summed E-state index contributed by atoms with van der Waals surface area (Å²) < 4.78 is 24.7. The molecule has 138 valence electrons. The highest BCUT2D eigenvalue weighted by Gasteiger charge is 2.35. The van der Waals surface area contributed by atoms with E-state index in [0.717, 1.165) is 0 Å². The van der Waals surface area contributed by atoms with E-state index >= 15 is 0 Å². The highest BCUT2D eigenvalue weighted by Crippen LogP contribution is 2.30. The maximum Gasteiger partial charge on any atom is 0.335 e. The molecule has 1 heterocycles. The Morgan fingerprint density at radius 2 is 2.08 bits per heavy atom. The smallest absolute Gasteiger partial charge is 0.335 e. The first-order chi connectivity index (χ1) is 11.8. The first-order valence-electron chi connectivity index (χ1n) is 8.29. The number of aromatic carboxylic acids is 1. The van der Waals surface area contributed by atoms with Gasteiger partial charge in [-0.25, -0.2) is 9.18 Å². The van der Waals surface area contributed by atoms with Gasteiger partial charge in [-0.05, 0) is 24.1 Å². The molecule has 2 rings (SSSR count). The van der Waals surface area contributed by atoms with Crippen LogP contribution in [0.25, 0.3) is 0 Å². The lowest BCUT2D eigenvalue weighted by Gasteiger charge is -2.25. The number of alkyl halides is 1. The first-order valence-corrected chi connectivity index (χ1v) is 8.29. The number of nitrogens with zero attached hydrogens (tertiary/aromatic N) is 1. The third kappa shape index (κ3) is 4.84. The van der Waals surface area contributed by atoms with Gasteiger partial charge in [-0.1, -0.05) is 13.8 Å². The van der Waals surface area contributed by atoms with Crippen molar-refractivity contribution in [1.29, 1.82) is 0 Å². The van der Waals surface area contributed by atoms with E-state index in [1.165, 1.54) is 25.3 Å². The molecule has 1 fully saturated rings. The zero-order chi connectivity index (χ0) is 18.6. The van der Waals surface area contributed by atoms with Crippen LogP contribution in [0.5, 0.6) is 11.5 Å². The Balaban J connectivity index is 2.06. The van der Waals surface area contributed by atoms with Crippen LogP contribution in [-0.2, 0) is 4.79 Å². The molecule has 7 heteroatoms. The average molecular weight is 353 g/mol. The van der Waals surface area contributed by atoms with Gasteiger partial charge in [0.25, 0.3) is 0 Å². The van der Waals surface area contributed by atoms with Crippen molar-refractivity contribution in [1.82, 2.24) is 4.90 Å². The zero-order valence-electron chi connectivity index (χ0n) is 14.7. The normalized spacial score (nSPS) is 20.0. The Hall–Kier alpha value is -2.31. The lowest BCUT2D eigenvalue weighted by molar-refractivity contribution is -0.133. The fourth-order valence-electron chi connectivity index (χ4n) is 2.90. The number of hydrogen-bond donors (Lipinski definition) is 1. The number of hydrogen-bond acceptors (Lipinski definition) is 4. The van der Waals surface area contributed by atoms with Crippen molar-refractivity contribution < 1.29 is 28.6 Å². The minimum atomic E-state index is -1.06. The third-order valence-electron chi connectivity index (χ3n) is 4.11. The second-order valence-electron chi connectivity index (χ2n) is 6.61. The monoisotopic (exact) mass is 353 g/mol. The van der Waals surface area contributed by atoms with Crippen molar-refractivity contribution in [3.05, 3.63) is 23.8 Å². The van der Waals surface area contributed by atoms with Crippen molar-refractivity contribution >= 4 is 11.9 Å². The number of methoxy groups -OCH3 is 1. The minimum absolute atomic E-state index is 0.0723. The van der Waals surface area contributed by atoms with Gasteiger partial charge < -0.3 is 19.5 Å². The molecule has 0 bridgehead atoms. The molecular weight excluding hydrogens is 329 g/mol. The van der Waals surface area contributed by atoms with Crippen LogP contribution in [0.15, 0.2) is 18.2 Å². The van der Waals surface area contributed by atoms with Crippen LogP contribution in [0.3, 0.4) is 0 Å². The van der Waals surface area contributed by atoms with E-state index < -0.39 is 12.1 Å². The van der Waals surface area contributed by atoms with Gasteiger partial charge >= 0.3 is 5.97 Å². The lowest BCUT2D eigenvalue weighted by Crippen LogP contribution is -2.39. The molecule has 25 heavy (non-hydrogen) atoms. The Morgan fingerprint density at radius 3 is 2.68 bits per heavy atom. The zero-order valence-corrected chi connectivity index (χ0v) is 14.7. The SMILES string of the molecule is COc1cc(C(=O)O)ccc1OC[C@@H]1CC(F)CN1C(=O)CC(C)C. The quantitative estimate of drug-likeness (QED) is 0.816. The largest absolute Gasteiger partial charge is 0.493 e. The minimum Gasteiger partial charge on any atom is -0.493 e. The van der Waals surface area contributed by atoms with Crippen molar-refractivity contribution in [2.24, 2.45) is 5.92 Å². The summed E-state index contributed by atoms with van der Waals surface area (Å²) in [7, 11) is 1.42. The van der Waals surface area contributed by atoms with Crippen LogP contribution in [0.1, 0.15) is 37.0 Å². The van der Waals surface area contributed by atoms with E-state index in [4.69, 9.17) is 14.6 Å². The molecule has 0 saturated carbocycles. The summed E-state index contributed by atoms with van der Waals surface area (Å²) in [6.07, 6.45) is -0.444. The van der Waals surface area contributed by atoms with E-state index in [9.17, 15) is 14.0 Å². The topological polar surface area (TPSA) is 76.1 Å². The van der Waals surface area contributed by atoms with E-state index in [1.807, 2.05) is 13.8 Å². The summed E-state index contributed by atoms with van der Waals surface area (Å²) in [5.74, 6) is -0.277. The molecular formula is C18H24FNO5. The highest BCUT2D eigenvalue weighted by molar-refractivity contribution is 5.88. The number of carbonyl (C=O) groups is 2. The molecule has 1 N–H and O–H groups in total. The van der Waals surface area contributed by atoms with E-state index in [2.05, 4.69) is 0 Å². The number of carbonyl (C=O) groups excluding carboxylic acids is 1. The summed E-state index contributed by atoms with van der Waals surface area (Å²) in [6, 6.07) is 3.94. The summed E-state index contributed by atoms with van der Waals surface area (Å²) in [5, 5.41) is 9.01. The van der Waals surface area contributed by atoms with Gasteiger partial charge in [0.1, 0.15) is 12.8 Å². The van der Waals surface area contributed by atoms with Gasteiger partial charge in [-0.2, -0.15) is 0 Å². The van der Waals surface area contributed by atoms with Crippen molar-refractivity contribution in [3.8, 4) is 11.5 Å². The fourth-order valence-corrected chi connectivity index (χ4v) is 2.90. The Bertz CT molecular complexity index is 634. The highest BCUT2D eigenvalue weighted by atomic mass is 19.1. The number of amides is 1. The molecule has 2 atom stereocenters. The summed E-state index contributed by atoms with van der Waals surface area (Å²) >= 11 is 0. The molecule has 1 aromatic carbocycles. The van der Waals surface area contributed by atoms with E-state index in [0.29, 0.717) is 12.2 Å². The molecule has 0 radical (unpaired) electrons. The predicted molar refractivity (Wildman–Crippen MR) is 89.9 cm³/mol.